The lowest BCUT2D eigenvalue weighted by molar-refractivity contribution is -0.118. The Bertz CT molecular complexity index is 921. The molecule has 5 nitrogen and oxygen atoms in total. The van der Waals surface area contributed by atoms with Gasteiger partial charge in [-0.05, 0) is 65.8 Å². The smallest absolute Gasteiger partial charge is 0.227 e. The highest BCUT2D eigenvalue weighted by Crippen LogP contribution is 2.23. The molecule has 0 saturated heterocycles. The molecule has 142 valence electrons. The summed E-state index contributed by atoms with van der Waals surface area (Å²) in [5, 5.41) is 0. The molecule has 0 radical (unpaired) electrons. The van der Waals surface area contributed by atoms with Crippen LogP contribution < -0.4 is 4.90 Å². The molecule has 0 bridgehead atoms. The molecule has 1 aromatic carbocycles. The van der Waals surface area contributed by atoms with Gasteiger partial charge in [0.1, 0.15) is 11.3 Å². The van der Waals surface area contributed by atoms with E-state index in [1.807, 2.05) is 48.2 Å². The van der Waals surface area contributed by atoms with Crippen molar-refractivity contribution in [2.24, 2.45) is 0 Å². The Morgan fingerprint density at radius 1 is 1.19 bits per heavy atom. The highest BCUT2D eigenvalue weighted by Gasteiger charge is 2.20. The van der Waals surface area contributed by atoms with E-state index in [1.54, 1.807) is 6.20 Å². The van der Waals surface area contributed by atoms with Gasteiger partial charge in [-0.25, -0.2) is 9.97 Å². The molecule has 3 rings (SSSR count). The summed E-state index contributed by atoms with van der Waals surface area (Å²) in [7, 11) is 0. The van der Waals surface area contributed by atoms with E-state index >= 15 is 0 Å². The van der Waals surface area contributed by atoms with Crippen molar-refractivity contribution in [3.05, 3.63) is 52.0 Å². The number of hydrogen-bond acceptors (Lipinski definition) is 3. The van der Waals surface area contributed by atoms with Gasteiger partial charge in [-0.2, -0.15) is 0 Å². The van der Waals surface area contributed by atoms with Crippen LogP contribution in [0.3, 0.4) is 0 Å². The van der Waals surface area contributed by atoms with E-state index in [2.05, 4.69) is 39.1 Å². The summed E-state index contributed by atoms with van der Waals surface area (Å²) in [6, 6.07) is 12.0. The van der Waals surface area contributed by atoms with Gasteiger partial charge in [-0.15, -0.1) is 0 Å². The molecule has 2 aromatic heterocycles. The fraction of sp³-hybridized carbons (Fsp3) is 0.381. The van der Waals surface area contributed by atoms with Crippen LogP contribution in [-0.2, 0) is 17.9 Å². The third-order valence-corrected chi connectivity index (χ3v) is 5.17. The maximum Gasteiger partial charge on any atom is 0.227 e. The predicted octanol–water partition coefficient (Wildman–Crippen LogP) is 5.17. The van der Waals surface area contributed by atoms with E-state index in [-0.39, 0.29) is 5.91 Å². The second-order valence-electron chi connectivity index (χ2n) is 6.59. The minimum atomic E-state index is 0.126. The summed E-state index contributed by atoms with van der Waals surface area (Å²) >= 11 is 2.28. The molecule has 0 aliphatic heterocycles. The van der Waals surface area contributed by atoms with Gasteiger partial charge in [0.15, 0.2) is 5.65 Å². The van der Waals surface area contributed by atoms with Crippen molar-refractivity contribution in [3.63, 3.8) is 0 Å². The molecular weight excluding hydrogens is 451 g/mol. The average Bonchev–Trinajstić information content (AvgIpc) is 3.01. The lowest BCUT2D eigenvalue weighted by Crippen LogP contribution is -2.31. The van der Waals surface area contributed by atoms with Crippen molar-refractivity contribution < 1.29 is 4.79 Å². The number of halogens is 1. The number of hydrogen-bond donors (Lipinski definition) is 0. The monoisotopic (exact) mass is 476 g/mol. The maximum absolute atomic E-state index is 12.9. The number of pyridine rings is 1. The van der Waals surface area contributed by atoms with Crippen molar-refractivity contribution in [2.45, 2.75) is 52.6 Å². The number of carbonyl (C=O) groups is 1. The summed E-state index contributed by atoms with van der Waals surface area (Å²) in [6.45, 7) is 5.53. The zero-order valence-corrected chi connectivity index (χ0v) is 18.0. The summed E-state index contributed by atoms with van der Waals surface area (Å²) in [4.78, 5) is 24.1. The maximum atomic E-state index is 12.9. The van der Waals surface area contributed by atoms with Crippen LogP contribution in [0.4, 0.5) is 5.69 Å². The molecule has 0 aliphatic rings. The first-order valence-electron chi connectivity index (χ1n) is 9.50. The van der Waals surface area contributed by atoms with Gasteiger partial charge in [-0.3, -0.25) is 4.79 Å². The van der Waals surface area contributed by atoms with Crippen LogP contribution in [0.25, 0.3) is 11.2 Å². The quantitative estimate of drug-likeness (QED) is 0.422. The topological polar surface area (TPSA) is 51.0 Å². The molecule has 1 amide bonds. The molecule has 0 unspecified atom stereocenters. The first kappa shape index (κ1) is 19.8. The number of aromatic nitrogens is 3. The molecule has 0 saturated carbocycles. The van der Waals surface area contributed by atoms with E-state index in [1.165, 1.54) is 0 Å². The Morgan fingerprint density at radius 2 is 2.04 bits per heavy atom. The number of anilines is 1. The molecule has 0 spiro atoms. The van der Waals surface area contributed by atoms with Crippen molar-refractivity contribution in [3.8, 4) is 0 Å². The fourth-order valence-corrected chi connectivity index (χ4v) is 3.66. The van der Waals surface area contributed by atoms with E-state index < -0.39 is 0 Å². The van der Waals surface area contributed by atoms with Crippen molar-refractivity contribution >= 4 is 45.3 Å². The largest absolute Gasteiger partial charge is 0.311 e. The number of nitrogens with zero attached hydrogens (tertiary/aromatic N) is 4. The standard InChI is InChI=1S/C21H25IN4O/c1-3-5-13-25-19(24-18-11-7-12-23-21(18)25)15-26(20(27)8-4-2)17-10-6-9-16(22)14-17/h6-7,9-12,14H,3-5,8,13,15H2,1-2H3. The highest BCUT2D eigenvalue weighted by atomic mass is 127. The summed E-state index contributed by atoms with van der Waals surface area (Å²) < 4.78 is 3.28. The number of carbonyl (C=O) groups excluding carboxylic acids is 1. The van der Waals surface area contributed by atoms with Crippen LogP contribution in [-0.4, -0.2) is 20.4 Å². The number of aryl methyl sites for hydroxylation is 1. The number of imidazole rings is 1. The van der Waals surface area contributed by atoms with Gasteiger partial charge in [0.2, 0.25) is 5.91 Å². The lowest BCUT2D eigenvalue weighted by Gasteiger charge is -2.23. The minimum absolute atomic E-state index is 0.126. The number of benzene rings is 1. The Hall–Kier alpha value is -1.96. The van der Waals surface area contributed by atoms with Crippen LogP contribution in [0.1, 0.15) is 45.4 Å². The zero-order chi connectivity index (χ0) is 19.2. The molecular formula is C21H25IN4O. The predicted molar refractivity (Wildman–Crippen MR) is 118 cm³/mol. The molecule has 0 aliphatic carbocycles. The first-order valence-corrected chi connectivity index (χ1v) is 10.6. The van der Waals surface area contributed by atoms with Gasteiger partial charge in [0, 0.05) is 28.4 Å². The van der Waals surface area contributed by atoms with Crippen LogP contribution in [0.2, 0.25) is 0 Å². The molecule has 2 heterocycles. The Morgan fingerprint density at radius 3 is 2.78 bits per heavy atom. The Kier molecular flexibility index (Phi) is 6.82. The molecule has 0 fully saturated rings. The third kappa shape index (κ3) is 4.66. The van der Waals surface area contributed by atoms with Crippen LogP contribution in [0.5, 0.6) is 0 Å². The van der Waals surface area contributed by atoms with Crippen molar-refractivity contribution in [2.75, 3.05) is 4.90 Å². The van der Waals surface area contributed by atoms with Crippen molar-refractivity contribution in [1.29, 1.82) is 0 Å². The minimum Gasteiger partial charge on any atom is -0.311 e. The number of unbranched alkanes of at least 4 members (excludes halogenated alkanes) is 1. The lowest BCUT2D eigenvalue weighted by atomic mass is 10.2. The number of fused-ring (bicyclic) bond motifs is 1. The van der Waals surface area contributed by atoms with E-state index in [0.717, 1.165) is 52.1 Å². The molecule has 0 atom stereocenters. The first-order chi connectivity index (χ1) is 13.1. The summed E-state index contributed by atoms with van der Waals surface area (Å²) in [5.74, 6) is 1.02. The highest BCUT2D eigenvalue weighted by molar-refractivity contribution is 14.1. The van der Waals surface area contributed by atoms with Gasteiger partial charge >= 0.3 is 0 Å². The van der Waals surface area contributed by atoms with Crippen LogP contribution in [0.15, 0.2) is 42.6 Å². The van der Waals surface area contributed by atoms with Gasteiger partial charge in [0.25, 0.3) is 0 Å². The zero-order valence-electron chi connectivity index (χ0n) is 15.9. The molecule has 3 aromatic rings. The third-order valence-electron chi connectivity index (χ3n) is 4.50. The fourth-order valence-electron chi connectivity index (χ4n) is 3.13. The molecule has 6 heteroatoms. The number of amides is 1. The molecule has 27 heavy (non-hydrogen) atoms. The van der Waals surface area contributed by atoms with E-state index in [0.29, 0.717) is 13.0 Å². The Balaban J connectivity index is 2.01. The van der Waals surface area contributed by atoms with Gasteiger partial charge < -0.3 is 9.47 Å². The van der Waals surface area contributed by atoms with Crippen LogP contribution in [0, 0.1) is 3.57 Å². The second-order valence-corrected chi connectivity index (χ2v) is 7.83. The Labute approximate surface area is 173 Å². The number of rotatable bonds is 8. The van der Waals surface area contributed by atoms with E-state index in [4.69, 9.17) is 4.98 Å². The van der Waals surface area contributed by atoms with Crippen molar-refractivity contribution in [1.82, 2.24) is 14.5 Å². The van der Waals surface area contributed by atoms with Gasteiger partial charge in [-0.1, -0.05) is 26.3 Å². The average molecular weight is 476 g/mol. The summed E-state index contributed by atoms with van der Waals surface area (Å²) in [5.41, 5.74) is 2.70. The molecule has 0 N–H and O–H groups in total. The SMILES string of the molecule is CCCCn1c(CN(C(=O)CCC)c2cccc(I)c2)nc2cccnc21. The van der Waals surface area contributed by atoms with Crippen LogP contribution >= 0.6 is 22.6 Å². The second kappa shape index (κ2) is 9.30. The summed E-state index contributed by atoms with van der Waals surface area (Å²) in [6.07, 6.45) is 5.31. The van der Waals surface area contributed by atoms with E-state index in [9.17, 15) is 4.79 Å². The normalized spacial score (nSPS) is 11.1. The van der Waals surface area contributed by atoms with Gasteiger partial charge in [0.05, 0.1) is 6.54 Å².